The van der Waals surface area contributed by atoms with Gasteiger partial charge in [0.1, 0.15) is 11.2 Å². The van der Waals surface area contributed by atoms with Gasteiger partial charge in [-0.2, -0.15) is 0 Å². The van der Waals surface area contributed by atoms with Gasteiger partial charge in [0.15, 0.2) is 5.82 Å². The van der Waals surface area contributed by atoms with Crippen LogP contribution in [0.1, 0.15) is 0 Å². The van der Waals surface area contributed by atoms with E-state index in [4.69, 9.17) is 0 Å². The molecule has 0 amide bonds. The number of nitrogens with one attached hydrogen (secondary N) is 1. The van der Waals surface area contributed by atoms with Crippen LogP contribution in [0, 0.1) is 5.82 Å². The standard InChI is InChI=1S/C14H13FN4/c1-16-14-13-12(17-6-7-18-13)8-11(19-14)9-2-4-10(15)5-3-9/h2-5,8H,6-7H2,1H3,(H,16,19). The zero-order chi connectivity index (χ0) is 13.2. The van der Waals surface area contributed by atoms with Crippen molar-refractivity contribution in [2.75, 3.05) is 25.5 Å². The average Bonchev–Trinajstić information content (AvgIpc) is 2.47. The van der Waals surface area contributed by atoms with Crippen molar-refractivity contribution in [3.63, 3.8) is 0 Å². The predicted molar refractivity (Wildman–Crippen MR) is 71.2 cm³/mol. The molecule has 1 aromatic heterocycles. The van der Waals surface area contributed by atoms with Crippen LogP contribution in [0.5, 0.6) is 0 Å². The SMILES string of the molecule is CNc1nc(-c2ccc(F)cc2)cc2c1=NCCN=2. The first kappa shape index (κ1) is 11.8. The Labute approximate surface area is 109 Å². The maximum atomic E-state index is 13.0. The molecule has 0 atom stereocenters. The molecule has 2 aromatic rings. The first-order valence-corrected chi connectivity index (χ1v) is 6.11. The van der Waals surface area contributed by atoms with Crippen LogP contribution in [-0.2, 0) is 0 Å². The molecule has 2 heterocycles. The number of nitrogens with zero attached hydrogens (tertiary/aromatic N) is 3. The Bertz CT molecular complexity index is 722. The van der Waals surface area contributed by atoms with Crippen LogP contribution in [-0.4, -0.2) is 25.1 Å². The minimum absolute atomic E-state index is 0.254. The topological polar surface area (TPSA) is 49.6 Å². The number of rotatable bonds is 2. The third-order valence-corrected chi connectivity index (χ3v) is 3.00. The molecule has 1 aliphatic rings. The highest BCUT2D eigenvalue weighted by molar-refractivity contribution is 5.60. The molecule has 19 heavy (non-hydrogen) atoms. The summed E-state index contributed by atoms with van der Waals surface area (Å²) >= 11 is 0. The maximum Gasteiger partial charge on any atom is 0.154 e. The van der Waals surface area contributed by atoms with Crippen LogP contribution in [0.15, 0.2) is 40.3 Å². The lowest BCUT2D eigenvalue weighted by atomic mass is 10.1. The van der Waals surface area contributed by atoms with Gasteiger partial charge in [-0.15, -0.1) is 0 Å². The summed E-state index contributed by atoms with van der Waals surface area (Å²) in [5.74, 6) is 0.454. The van der Waals surface area contributed by atoms with Crippen LogP contribution < -0.4 is 16.0 Å². The van der Waals surface area contributed by atoms with Crippen molar-refractivity contribution in [2.45, 2.75) is 0 Å². The first-order chi connectivity index (χ1) is 9.28. The molecule has 0 aliphatic carbocycles. The molecule has 0 bridgehead atoms. The minimum atomic E-state index is -0.254. The molecular formula is C14H13FN4. The van der Waals surface area contributed by atoms with E-state index >= 15 is 0 Å². The lowest BCUT2D eigenvalue weighted by Gasteiger charge is -2.08. The van der Waals surface area contributed by atoms with Crippen molar-refractivity contribution in [3.8, 4) is 11.3 Å². The molecule has 0 radical (unpaired) electrons. The van der Waals surface area contributed by atoms with E-state index < -0.39 is 0 Å². The summed E-state index contributed by atoms with van der Waals surface area (Å²) in [5.41, 5.74) is 1.63. The molecule has 3 rings (SSSR count). The van der Waals surface area contributed by atoms with Gasteiger partial charge in [-0.3, -0.25) is 9.98 Å². The van der Waals surface area contributed by atoms with E-state index in [1.54, 1.807) is 19.2 Å². The largest absolute Gasteiger partial charge is 0.371 e. The van der Waals surface area contributed by atoms with E-state index in [-0.39, 0.29) is 5.82 Å². The highest BCUT2D eigenvalue weighted by atomic mass is 19.1. The Kier molecular flexibility index (Phi) is 2.95. The van der Waals surface area contributed by atoms with Crippen molar-refractivity contribution in [3.05, 3.63) is 46.9 Å². The Morgan fingerprint density at radius 2 is 1.84 bits per heavy atom. The molecule has 0 fully saturated rings. The predicted octanol–water partition coefficient (Wildman–Crippen LogP) is 1.18. The highest BCUT2D eigenvalue weighted by Gasteiger charge is 2.08. The van der Waals surface area contributed by atoms with Gasteiger partial charge in [0.05, 0.1) is 24.1 Å². The third kappa shape index (κ3) is 2.19. The summed E-state index contributed by atoms with van der Waals surface area (Å²) < 4.78 is 13.0. The summed E-state index contributed by atoms with van der Waals surface area (Å²) in [6.45, 7) is 1.39. The van der Waals surface area contributed by atoms with Gasteiger partial charge in [0, 0.05) is 12.6 Å². The van der Waals surface area contributed by atoms with Gasteiger partial charge in [-0.05, 0) is 30.3 Å². The third-order valence-electron chi connectivity index (χ3n) is 3.00. The minimum Gasteiger partial charge on any atom is -0.371 e. The molecule has 0 saturated carbocycles. The first-order valence-electron chi connectivity index (χ1n) is 6.11. The fraction of sp³-hybridized carbons (Fsp3) is 0.214. The van der Waals surface area contributed by atoms with Crippen molar-refractivity contribution in [1.82, 2.24) is 4.98 Å². The van der Waals surface area contributed by atoms with Crippen LogP contribution in [0.2, 0.25) is 0 Å². The average molecular weight is 256 g/mol. The second-order valence-electron chi connectivity index (χ2n) is 4.24. The van der Waals surface area contributed by atoms with Gasteiger partial charge in [-0.1, -0.05) is 0 Å². The quantitative estimate of drug-likeness (QED) is 0.877. The molecule has 0 unspecified atom stereocenters. The van der Waals surface area contributed by atoms with E-state index in [1.807, 2.05) is 6.07 Å². The lowest BCUT2D eigenvalue weighted by molar-refractivity contribution is 0.628. The number of aromatic nitrogens is 1. The Morgan fingerprint density at radius 1 is 1.11 bits per heavy atom. The Balaban J connectivity index is 2.21. The van der Waals surface area contributed by atoms with Gasteiger partial charge in [0.25, 0.3) is 0 Å². The van der Waals surface area contributed by atoms with Crippen molar-refractivity contribution in [2.24, 2.45) is 9.98 Å². The van der Waals surface area contributed by atoms with E-state index in [0.717, 1.165) is 22.0 Å². The van der Waals surface area contributed by atoms with Crippen LogP contribution >= 0.6 is 0 Å². The molecule has 5 heteroatoms. The van der Waals surface area contributed by atoms with Crippen LogP contribution in [0.25, 0.3) is 11.3 Å². The number of hydrogen-bond acceptors (Lipinski definition) is 4. The summed E-state index contributed by atoms with van der Waals surface area (Å²) in [4.78, 5) is 13.4. The second-order valence-corrected chi connectivity index (χ2v) is 4.24. The fourth-order valence-electron chi connectivity index (χ4n) is 2.08. The van der Waals surface area contributed by atoms with E-state index in [0.29, 0.717) is 18.9 Å². The summed E-state index contributed by atoms with van der Waals surface area (Å²) in [6, 6.07) is 8.17. The molecule has 0 saturated heterocycles. The van der Waals surface area contributed by atoms with Gasteiger partial charge < -0.3 is 5.32 Å². The number of anilines is 1. The summed E-state index contributed by atoms with van der Waals surface area (Å²) in [5, 5.41) is 4.68. The second kappa shape index (κ2) is 4.76. The molecule has 96 valence electrons. The van der Waals surface area contributed by atoms with Crippen molar-refractivity contribution >= 4 is 5.82 Å². The number of halogens is 1. The highest BCUT2D eigenvalue weighted by Crippen LogP contribution is 2.16. The summed E-state index contributed by atoms with van der Waals surface area (Å²) in [7, 11) is 1.81. The Hall–Kier alpha value is -2.30. The fourth-order valence-corrected chi connectivity index (χ4v) is 2.08. The number of hydrogen-bond donors (Lipinski definition) is 1. The van der Waals surface area contributed by atoms with Gasteiger partial charge >= 0.3 is 0 Å². The normalized spacial score (nSPS) is 13.2. The number of pyridine rings is 1. The molecule has 1 N–H and O–H groups in total. The van der Waals surface area contributed by atoms with E-state index in [2.05, 4.69) is 20.3 Å². The van der Waals surface area contributed by atoms with Gasteiger partial charge in [-0.25, -0.2) is 9.37 Å². The summed E-state index contributed by atoms with van der Waals surface area (Å²) in [6.07, 6.45) is 0. The van der Waals surface area contributed by atoms with Crippen LogP contribution in [0.3, 0.4) is 0 Å². The number of fused-ring (bicyclic) bond motifs is 1. The molecular weight excluding hydrogens is 243 g/mol. The zero-order valence-electron chi connectivity index (χ0n) is 10.5. The molecule has 4 nitrogen and oxygen atoms in total. The van der Waals surface area contributed by atoms with Gasteiger partial charge in [0.2, 0.25) is 0 Å². The molecule has 1 aliphatic heterocycles. The molecule has 1 aromatic carbocycles. The zero-order valence-corrected chi connectivity index (χ0v) is 10.5. The maximum absolute atomic E-state index is 13.0. The smallest absolute Gasteiger partial charge is 0.154 e. The van der Waals surface area contributed by atoms with Crippen LogP contribution in [0.4, 0.5) is 10.2 Å². The van der Waals surface area contributed by atoms with Crippen molar-refractivity contribution in [1.29, 1.82) is 0 Å². The van der Waals surface area contributed by atoms with E-state index in [1.165, 1.54) is 12.1 Å². The Morgan fingerprint density at radius 3 is 2.58 bits per heavy atom. The number of benzene rings is 1. The van der Waals surface area contributed by atoms with E-state index in [9.17, 15) is 4.39 Å². The monoisotopic (exact) mass is 256 g/mol. The lowest BCUT2D eigenvalue weighted by Crippen LogP contribution is -2.33. The molecule has 0 spiro atoms. The van der Waals surface area contributed by atoms with Crippen molar-refractivity contribution < 1.29 is 4.39 Å².